The summed E-state index contributed by atoms with van der Waals surface area (Å²) in [6, 6.07) is 1.27. The lowest BCUT2D eigenvalue weighted by Crippen LogP contribution is -2.06. The van der Waals surface area contributed by atoms with Crippen molar-refractivity contribution in [2.45, 2.75) is 13.3 Å². The third-order valence-electron chi connectivity index (χ3n) is 2.08. The zero-order chi connectivity index (χ0) is 11.0. The number of nitrogens with zero attached hydrogens (tertiary/aromatic N) is 3. The van der Waals surface area contributed by atoms with Crippen molar-refractivity contribution in [3.63, 3.8) is 0 Å². The summed E-state index contributed by atoms with van der Waals surface area (Å²) in [5.74, 6) is 0. The van der Waals surface area contributed by atoms with Crippen LogP contribution in [0, 0.1) is 10.1 Å². The second-order valence-corrected chi connectivity index (χ2v) is 3.00. The van der Waals surface area contributed by atoms with E-state index in [1.807, 2.05) is 0 Å². The molecular weight excluding hydrogens is 200 g/mol. The summed E-state index contributed by atoms with van der Waals surface area (Å²) < 4.78 is 1.30. The number of nitro groups is 1. The van der Waals surface area contributed by atoms with Crippen molar-refractivity contribution in [2.75, 3.05) is 0 Å². The molecule has 0 saturated heterocycles. The van der Waals surface area contributed by atoms with E-state index in [1.165, 1.54) is 16.8 Å². The minimum Gasteiger partial charge on any atom is -0.301 e. The first-order chi connectivity index (χ1) is 7.13. The Hall–Kier alpha value is -2.18. The zero-order valence-electron chi connectivity index (χ0n) is 7.93. The lowest BCUT2D eigenvalue weighted by Gasteiger charge is -1.90. The van der Waals surface area contributed by atoms with Crippen LogP contribution in [-0.2, 0) is 6.42 Å². The summed E-state index contributed by atoms with van der Waals surface area (Å²) in [4.78, 5) is 23.7. The highest BCUT2D eigenvalue weighted by molar-refractivity contribution is 5.61. The monoisotopic (exact) mass is 208 g/mol. The van der Waals surface area contributed by atoms with Gasteiger partial charge in [0.1, 0.15) is 5.69 Å². The van der Waals surface area contributed by atoms with Crippen LogP contribution in [0.1, 0.15) is 12.6 Å². The normalized spacial score (nSPS) is 10.7. The van der Waals surface area contributed by atoms with Gasteiger partial charge in [0.2, 0.25) is 5.65 Å². The van der Waals surface area contributed by atoms with E-state index in [2.05, 4.69) is 10.1 Å². The average Bonchev–Trinajstić information content (AvgIpc) is 2.55. The van der Waals surface area contributed by atoms with Crippen LogP contribution in [0.15, 0.2) is 17.1 Å². The highest BCUT2D eigenvalue weighted by Gasteiger charge is 2.22. The van der Waals surface area contributed by atoms with Gasteiger partial charge < -0.3 is 4.98 Å². The Labute approximate surface area is 83.5 Å². The summed E-state index contributed by atoms with van der Waals surface area (Å²) in [5.41, 5.74) is -0.0189. The quantitative estimate of drug-likeness (QED) is 0.574. The van der Waals surface area contributed by atoms with Crippen LogP contribution in [0.25, 0.3) is 5.65 Å². The van der Waals surface area contributed by atoms with Crippen LogP contribution in [0.4, 0.5) is 5.69 Å². The number of hydrogen-bond acceptors (Lipinski definition) is 4. The van der Waals surface area contributed by atoms with Crippen molar-refractivity contribution >= 4 is 11.3 Å². The van der Waals surface area contributed by atoms with Crippen LogP contribution in [0.3, 0.4) is 0 Å². The Kier molecular flexibility index (Phi) is 2.00. The molecule has 2 aromatic rings. The number of H-pyrrole nitrogens is 1. The smallest absolute Gasteiger partial charge is 0.301 e. The Bertz CT molecular complexity index is 583. The molecule has 0 fully saturated rings. The average molecular weight is 208 g/mol. The second kappa shape index (κ2) is 3.19. The van der Waals surface area contributed by atoms with E-state index in [0.717, 1.165) is 0 Å². The first kappa shape index (κ1) is 9.38. The summed E-state index contributed by atoms with van der Waals surface area (Å²) in [7, 11) is 0. The van der Waals surface area contributed by atoms with Gasteiger partial charge in [0.05, 0.1) is 4.92 Å². The number of fused-ring (bicyclic) bond motifs is 1. The molecule has 0 aliphatic heterocycles. The van der Waals surface area contributed by atoms with Crippen molar-refractivity contribution in [1.82, 2.24) is 14.6 Å². The van der Waals surface area contributed by atoms with E-state index in [4.69, 9.17) is 0 Å². The summed E-state index contributed by atoms with van der Waals surface area (Å²) in [6.45, 7) is 1.77. The van der Waals surface area contributed by atoms with Gasteiger partial charge in [-0.05, 0) is 6.42 Å². The Morgan fingerprint density at radius 2 is 2.40 bits per heavy atom. The predicted molar refractivity (Wildman–Crippen MR) is 51.8 cm³/mol. The van der Waals surface area contributed by atoms with Crippen molar-refractivity contribution in [2.24, 2.45) is 0 Å². The largest absolute Gasteiger partial charge is 0.334 e. The molecule has 0 atom stereocenters. The van der Waals surface area contributed by atoms with Gasteiger partial charge in [0, 0.05) is 12.3 Å². The van der Waals surface area contributed by atoms with Gasteiger partial charge in [-0.2, -0.15) is 5.10 Å². The molecule has 0 aliphatic rings. The first-order valence-electron chi connectivity index (χ1n) is 4.38. The molecule has 0 amide bonds. The Morgan fingerprint density at radius 3 is 3.00 bits per heavy atom. The number of aromatic amines is 1. The Morgan fingerprint density at radius 1 is 1.67 bits per heavy atom. The summed E-state index contributed by atoms with van der Waals surface area (Å²) in [5, 5.41) is 14.8. The SMILES string of the molecule is CCc1nn2ccc(=O)[nH]c2c1[N+](=O)[O-]. The minimum absolute atomic E-state index is 0.129. The maximum atomic E-state index is 11.0. The van der Waals surface area contributed by atoms with Crippen molar-refractivity contribution in [1.29, 1.82) is 0 Å². The molecule has 2 aromatic heterocycles. The van der Waals surface area contributed by atoms with Crippen LogP contribution < -0.4 is 5.56 Å². The first-order valence-corrected chi connectivity index (χ1v) is 4.38. The molecule has 2 heterocycles. The van der Waals surface area contributed by atoms with E-state index < -0.39 is 4.92 Å². The molecule has 7 heteroatoms. The molecule has 0 saturated carbocycles. The Balaban J connectivity index is 2.88. The number of hydrogen-bond donors (Lipinski definition) is 1. The highest BCUT2D eigenvalue weighted by Crippen LogP contribution is 2.21. The van der Waals surface area contributed by atoms with Crippen LogP contribution in [0.2, 0.25) is 0 Å². The molecule has 78 valence electrons. The van der Waals surface area contributed by atoms with E-state index in [0.29, 0.717) is 12.1 Å². The van der Waals surface area contributed by atoms with Gasteiger partial charge in [-0.1, -0.05) is 6.92 Å². The molecule has 0 radical (unpaired) electrons. The van der Waals surface area contributed by atoms with Crippen LogP contribution in [0.5, 0.6) is 0 Å². The fourth-order valence-corrected chi connectivity index (χ4v) is 1.42. The molecule has 7 nitrogen and oxygen atoms in total. The van der Waals surface area contributed by atoms with Gasteiger partial charge in [-0.3, -0.25) is 14.9 Å². The van der Waals surface area contributed by atoms with Crippen molar-refractivity contribution in [3.8, 4) is 0 Å². The van der Waals surface area contributed by atoms with Gasteiger partial charge >= 0.3 is 5.69 Å². The molecule has 1 N–H and O–H groups in total. The van der Waals surface area contributed by atoms with Gasteiger partial charge in [-0.15, -0.1) is 0 Å². The predicted octanol–water partition coefficient (Wildman–Crippen LogP) is 0.493. The number of aryl methyl sites for hydroxylation is 1. The number of aromatic nitrogens is 3. The molecule has 0 aromatic carbocycles. The van der Waals surface area contributed by atoms with E-state index in [1.54, 1.807) is 6.92 Å². The number of rotatable bonds is 2. The third-order valence-corrected chi connectivity index (χ3v) is 2.08. The van der Waals surface area contributed by atoms with Gasteiger partial charge in [0.25, 0.3) is 5.56 Å². The van der Waals surface area contributed by atoms with Gasteiger partial charge in [0.15, 0.2) is 0 Å². The summed E-state index contributed by atoms with van der Waals surface area (Å²) in [6.07, 6.45) is 1.85. The maximum Gasteiger partial charge on any atom is 0.334 e. The van der Waals surface area contributed by atoms with E-state index in [-0.39, 0.29) is 16.9 Å². The molecule has 0 bridgehead atoms. The lowest BCUT2D eigenvalue weighted by atomic mass is 10.3. The molecule has 0 aliphatic carbocycles. The zero-order valence-corrected chi connectivity index (χ0v) is 7.93. The topological polar surface area (TPSA) is 93.3 Å². The number of nitrogens with one attached hydrogen (secondary N) is 1. The van der Waals surface area contributed by atoms with Gasteiger partial charge in [-0.25, -0.2) is 4.52 Å². The van der Waals surface area contributed by atoms with Crippen LogP contribution >= 0.6 is 0 Å². The molecule has 0 unspecified atom stereocenters. The molecule has 15 heavy (non-hydrogen) atoms. The van der Waals surface area contributed by atoms with Crippen LogP contribution in [-0.4, -0.2) is 19.5 Å². The molecule has 2 rings (SSSR count). The van der Waals surface area contributed by atoms with E-state index >= 15 is 0 Å². The third kappa shape index (κ3) is 1.37. The fraction of sp³-hybridized carbons (Fsp3) is 0.250. The maximum absolute atomic E-state index is 11.0. The molecule has 0 spiro atoms. The molecular formula is C8H8N4O3. The van der Waals surface area contributed by atoms with Crippen molar-refractivity contribution in [3.05, 3.63) is 38.4 Å². The standard InChI is InChI=1S/C8H8N4O3/c1-2-5-7(12(14)15)8-9-6(13)3-4-11(8)10-5/h3-4H,2H2,1H3,(H,9,13). The fourth-order valence-electron chi connectivity index (χ4n) is 1.42. The highest BCUT2D eigenvalue weighted by atomic mass is 16.6. The second-order valence-electron chi connectivity index (χ2n) is 3.00. The lowest BCUT2D eigenvalue weighted by molar-refractivity contribution is -0.384. The minimum atomic E-state index is -0.531. The summed E-state index contributed by atoms with van der Waals surface area (Å²) >= 11 is 0. The van der Waals surface area contributed by atoms with Crippen molar-refractivity contribution < 1.29 is 4.92 Å². The van der Waals surface area contributed by atoms with E-state index in [9.17, 15) is 14.9 Å².